The summed E-state index contributed by atoms with van der Waals surface area (Å²) in [4.78, 5) is 20.0. The second-order valence-electron chi connectivity index (χ2n) is 3.84. The second kappa shape index (κ2) is 6.16. The van der Waals surface area contributed by atoms with Gasteiger partial charge in [-0.3, -0.25) is 14.9 Å². The summed E-state index contributed by atoms with van der Waals surface area (Å²) in [7, 11) is -2.79. The summed E-state index contributed by atoms with van der Waals surface area (Å²) >= 11 is 5.74. The molecule has 1 aromatic rings. The van der Waals surface area contributed by atoms with Gasteiger partial charge in [0.2, 0.25) is 10.0 Å². The molecule has 20 heavy (non-hydrogen) atoms. The van der Waals surface area contributed by atoms with Crippen LogP contribution in [0.3, 0.4) is 0 Å². The van der Waals surface area contributed by atoms with E-state index in [2.05, 4.69) is 0 Å². The van der Waals surface area contributed by atoms with Gasteiger partial charge in [-0.15, -0.1) is 0 Å². The zero-order chi connectivity index (χ0) is 15.5. The maximum Gasteiger partial charge on any atom is 0.304 e. The minimum atomic E-state index is -3.99. The summed E-state index contributed by atoms with van der Waals surface area (Å²) < 4.78 is 25.1. The van der Waals surface area contributed by atoms with Gasteiger partial charge >= 0.3 is 5.97 Å². The number of carboxylic acid groups (broad SMARTS) is 1. The van der Waals surface area contributed by atoms with Gasteiger partial charge in [0, 0.05) is 25.7 Å². The van der Waals surface area contributed by atoms with Gasteiger partial charge < -0.3 is 5.11 Å². The van der Waals surface area contributed by atoms with Crippen molar-refractivity contribution in [3.8, 4) is 0 Å². The Morgan fingerprint density at radius 1 is 1.50 bits per heavy atom. The molecule has 1 aromatic carbocycles. The Kier molecular flexibility index (Phi) is 5.03. The van der Waals surface area contributed by atoms with Crippen molar-refractivity contribution in [2.45, 2.75) is 11.3 Å². The molecule has 0 unspecified atom stereocenters. The number of nitro benzene ring substituents is 1. The van der Waals surface area contributed by atoms with Gasteiger partial charge in [0.05, 0.1) is 16.4 Å². The third kappa shape index (κ3) is 3.65. The summed E-state index contributed by atoms with van der Waals surface area (Å²) in [6, 6.07) is 2.97. The molecule has 1 rings (SSSR count). The summed E-state index contributed by atoms with van der Waals surface area (Å²) in [5, 5.41) is 18.8. The number of carboxylic acids is 1. The number of nitro groups is 1. The molecule has 0 radical (unpaired) electrons. The molecule has 0 saturated heterocycles. The largest absolute Gasteiger partial charge is 0.481 e. The highest BCUT2D eigenvalue weighted by Gasteiger charge is 2.25. The molecule has 0 aliphatic heterocycles. The number of non-ortho nitro benzene ring substituents is 1. The van der Waals surface area contributed by atoms with Crippen molar-refractivity contribution in [1.82, 2.24) is 4.31 Å². The molecule has 0 spiro atoms. The van der Waals surface area contributed by atoms with Crippen LogP contribution in [0.1, 0.15) is 6.42 Å². The van der Waals surface area contributed by atoms with Crippen molar-refractivity contribution < 1.29 is 23.2 Å². The highest BCUT2D eigenvalue weighted by Crippen LogP contribution is 2.28. The molecule has 1 N–H and O–H groups in total. The average Bonchev–Trinajstić information content (AvgIpc) is 2.35. The van der Waals surface area contributed by atoms with Gasteiger partial charge in [-0.25, -0.2) is 12.7 Å². The van der Waals surface area contributed by atoms with E-state index in [4.69, 9.17) is 16.7 Å². The van der Waals surface area contributed by atoms with Crippen LogP contribution >= 0.6 is 11.6 Å². The van der Waals surface area contributed by atoms with Gasteiger partial charge in [-0.1, -0.05) is 11.6 Å². The Bertz CT molecular complexity index is 645. The highest BCUT2D eigenvalue weighted by molar-refractivity contribution is 7.89. The van der Waals surface area contributed by atoms with Gasteiger partial charge in [0.1, 0.15) is 4.90 Å². The van der Waals surface area contributed by atoms with Crippen molar-refractivity contribution in [1.29, 1.82) is 0 Å². The Hall–Kier alpha value is -1.71. The van der Waals surface area contributed by atoms with E-state index in [1.165, 1.54) is 7.05 Å². The lowest BCUT2D eigenvalue weighted by Gasteiger charge is -2.16. The first-order valence-electron chi connectivity index (χ1n) is 5.28. The number of hydrogen-bond donors (Lipinski definition) is 1. The molecule has 110 valence electrons. The Labute approximate surface area is 119 Å². The molecule has 0 aliphatic carbocycles. The molecule has 0 saturated carbocycles. The molecule has 0 fully saturated rings. The molecule has 8 nitrogen and oxygen atoms in total. The molecule has 0 atom stereocenters. The number of benzene rings is 1. The van der Waals surface area contributed by atoms with E-state index in [9.17, 15) is 23.3 Å². The van der Waals surface area contributed by atoms with E-state index in [1.807, 2.05) is 0 Å². The molecule has 0 amide bonds. The van der Waals surface area contributed by atoms with Crippen LogP contribution in [0.25, 0.3) is 0 Å². The molecule has 0 heterocycles. The smallest absolute Gasteiger partial charge is 0.304 e. The van der Waals surface area contributed by atoms with Gasteiger partial charge in [0.15, 0.2) is 0 Å². The lowest BCUT2D eigenvalue weighted by atomic mass is 10.3. The first-order valence-corrected chi connectivity index (χ1v) is 7.10. The van der Waals surface area contributed by atoms with Crippen LogP contribution in [0.5, 0.6) is 0 Å². The average molecular weight is 323 g/mol. The van der Waals surface area contributed by atoms with Gasteiger partial charge in [-0.05, 0) is 6.07 Å². The standard InChI is InChI=1S/C10H11ClN2O6S/c1-12(5-4-10(14)15)20(18,19)9-3-2-7(13(16)17)6-8(9)11/h2-3,6H,4-5H2,1H3,(H,14,15). The predicted octanol–water partition coefficient (Wildman–Crippen LogP) is 1.34. The van der Waals surface area contributed by atoms with Crippen LogP contribution in [-0.2, 0) is 14.8 Å². The summed E-state index contributed by atoms with van der Waals surface area (Å²) in [6.07, 6.45) is -0.361. The van der Waals surface area contributed by atoms with Crippen LogP contribution in [-0.4, -0.2) is 42.3 Å². The Morgan fingerprint density at radius 2 is 2.10 bits per heavy atom. The first kappa shape index (κ1) is 16.3. The van der Waals surface area contributed by atoms with Crippen molar-refractivity contribution in [3.05, 3.63) is 33.3 Å². The Morgan fingerprint density at radius 3 is 2.55 bits per heavy atom. The van der Waals surface area contributed by atoms with E-state index in [1.54, 1.807) is 0 Å². The number of nitrogens with zero attached hydrogens (tertiary/aromatic N) is 2. The van der Waals surface area contributed by atoms with Crippen LogP contribution in [0.15, 0.2) is 23.1 Å². The maximum absolute atomic E-state index is 12.1. The Balaban J connectivity index is 3.09. The zero-order valence-corrected chi connectivity index (χ0v) is 11.9. The minimum absolute atomic E-state index is 0.231. The van der Waals surface area contributed by atoms with Crippen LogP contribution < -0.4 is 0 Å². The van der Waals surface area contributed by atoms with Gasteiger partial charge in [-0.2, -0.15) is 0 Å². The van der Waals surface area contributed by atoms with Crippen molar-refractivity contribution in [2.75, 3.05) is 13.6 Å². The quantitative estimate of drug-likeness (QED) is 0.623. The lowest BCUT2D eigenvalue weighted by Crippen LogP contribution is -2.29. The highest BCUT2D eigenvalue weighted by atomic mass is 35.5. The van der Waals surface area contributed by atoms with Crippen molar-refractivity contribution in [2.24, 2.45) is 0 Å². The fraction of sp³-hybridized carbons (Fsp3) is 0.300. The van der Waals surface area contributed by atoms with Crippen LogP contribution in [0.4, 0.5) is 5.69 Å². The normalized spacial score (nSPS) is 11.6. The van der Waals surface area contributed by atoms with E-state index < -0.39 is 20.9 Å². The minimum Gasteiger partial charge on any atom is -0.481 e. The zero-order valence-electron chi connectivity index (χ0n) is 10.3. The van der Waals surface area contributed by atoms with Crippen LogP contribution in [0, 0.1) is 10.1 Å². The number of sulfonamides is 1. The molecule has 10 heteroatoms. The van der Waals surface area contributed by atoms with E-state index in [-0.39, 0.29) is 28.6 Å². The monoisotopic (exact) mass is 322 g/mol. The van der Waals surface area contributed by atoms with Crippen molar-refractivity contribution in [3.63, 3.8) is 0 Å². The number of halogens is 1. The van der Waals surface area contributed by atoms with Gasteiger partial charge in [0.25, 0.3) is 5.69 Å². The summed E-state index contributed by atoms with van der Waals surface area (Å²) in [5.74, 6) is -1.14. The van der Waals surface area contributed by atoms with E-state index in [0.717, 1.165) is 22.5 Å². The van der Waals surface area contributed by atoms with Crippen molar-refractivity contribution >= 4 is 33.3 Å². The predicted molar refractivity (Wildman–Crippen MR) is 70.2 cm³/mol. The first-order chi connectivity index (χ1) is 9.16. The number of hydrogen-bond acceptors (Lipinski definition) is 5. The third-order valence-corrected chi connectivity index (χ3v) is 4.79. The SMILES string of the molecule is CN(CCC(=O)O)S(=O)(=O)c1ccc([N+](=O)[O-])cc1Cl. The molecule has 0 aromatic heterocycles. The molecular formula is C10H11ClN2O6S. The van der Waals surface area contributed by atoms with Crippen LogP contribution in [0.2, 0.25) is 5.02 Å². The lowest BCUT2D eigenvalue weighted by molar-refractivity contribution is -0.384. The molecule has 0 bridgehead atoms. The number of aliphatic carboxylic acids is 1. The number of rotatable bonds is 6. The fourth-order valence-electron chi connectivity index (χ4n) is 1.35. The molecule has 0 aliphatic rings. The maximum atomic E-state index is 12.1. The summed E-state index contributed by atoms with van der Waals surface area (Å²) in [5.41, 5.74) is -0.331. The topological polar surface area (TPSA) is 118 Å². The van der Waals surface area contributed by atoms with E-state index >= 15 is 0 Å². The second-order valence-corrected chi connectivity index (χ2v) is 6.26. The summed E-state index contributed by atoms with van der Waals surface area (Å²) in [6.45, 7) is -0.231. The molecular weight excluding hydrogens is 312 g/mol. The van der Waals surface area contributed by atoms with E-state index in [0.29, 0.717) is 0 Å². The fourth-order valence-corrected chi connectivity index (χ4v) is 3.03. The third-order valence-electron chi connectivity index (χ3n) is 2.46. The number of carbonyl (C=O) groups is 1.